The van der Waals surface area contributed by atoms with Crippen molar-refractivity contribution in [2.24, 2.45) is 0 Å². The van der Waals surface area contributed by atoms with Crippen molar-refractivity contribution in [2.75, 3.05) is 0 Å². The Morgan fingerprint density at radius 3 is 2.67 bits per heavy atom. The lowest BCUT2D eigenvalue weighted by atomic mass is 10.1. The summed E-state index contributed by atoms with van der Waals surface area (Å²) in [5.41, 5.74) is 1.03. The van der Waals surface area contributed by atoms with Gasteiger partial charge in [0.1, 0.15) is 47.4 Å². The van der Waals surface area contributed by atoms with E-state index in [4.69, 9.17) is 18.3 Å². The number of furan rings is 1. The summed E-state index contributed by atoms with van der Waals surface area (Å²) in [6.45, 7) is 2.02. The minimum Gasteiger partial charge on any atom is -0.542 e. The van der Waals surface area contributed by atoms with Crippen LogP contribution in [0.3, 0.4) is 0 Å². The van der Waals surface area contributed by atoms with Crippen molar-refractivity contribution in [1.82, 2.24) is 0 Å². The van der Waals surface area contributed by atoms with E-state index < -0.39 is 5.97 Å². The number of benzene rings is 2. The van der Waals surface area contributed by atoms with E-state index in [0.29, 0.717) is 28.2 Å². The van der Waals surface area contributed by atoms with Gasteiger partial charge in [0.2, 0.25) is 11.2 Å². The minimum atomic E-state index is -1.40. The molecule has 30 heavy (non-hydrogen) atoms. The van der Waals surface area contributed by atoms with Gasteiger partial charge in [-0.2, -0.15) is 0 Å². The second kappa shape index (κ2) is 8.16. The van der Waals surface area contributed by atoms with Crippen LogP contribution in [-0.4, -0.2) is 5.97 Å². The van der Waals surface area contributed by atoms with Crippen LogP contribution in [0.5, 0.6) is 17.2 Å². The van der Waals surface area contributed by atoms with Gasteiger partial charge in [-0.3, -0.25) is 4.79 Å². The third-order valence-electron chi connectivity index (χ3n) is 4.53. The Labute approximate surface area is 171 Å². The molecule has 0 saturated heterocycles. The van der Waals surface area contributed by atoms with Gasteiger partial charge in [0.25, 0.3) is 0 Å². The molecule has 7 heteroatoms. The normalized spacial score (nSPS) is 10.8. The number of hydrogen-bond donors (Lipinski definition) is 0. The second-order valence-electron chi connectivity index (χ2n) is 6.49. The highest BCUT2D eigenvalue weighted by Gasteiger charge is 2.12. The summed E-state index contributed by atoms with van der Waals surface area (Å²) < 4.78 is 22.1. The molecule has 0 spiro atoms. The fraction of sp³-hybridized carbons (Fsp3) is 0.130. The number of para-hydroxylation sites is 1. The first-order valence-corrected chi connectivity index (χ1v) is 9.29. The molecule has 4 rings (SSSR count). The number of carboxylic acid groups (broad SMARTS) is 1. The van der Waals surface area contributed by atoms with E-state index in [1.165, 1.54) is 18.4 Å². The minimum absolute atomic E-state index is 0.0119. The molecule has 0 saturated carbocycles. The monoisotopic (exact) mass is 405 g/mol. The van der Waals surface area contributed by atoms with Crippen LogP contribution in [0.15, 0.2) is 74.5 Å². The van der Waals surface area contributed by atoms with Gasteiger partial charge in [-0.15, -0.1) is 0 Å². The van der Waals surface area contributed by atoms with E-state index in [1.54, 1.807) is 24.3 Å². The quantitative estimate of drug-likeness (QED) is 0.462. The summed E-state index contributed by atoms with van der Waals surface area (Å²) in [7, 11) is 0. The fourth-order valence-corrected chi connectivity index (χ4v) is 2.98. The SMILES string of the molecule is CCc1ccccc1Oc1coc2cc(OCc3ccc(C(=O)[O-])o3)ccc2c1=O. The Hall–Kier alpha value is -4.00. The Bertz CT molecular complexity index is 1270. The number of ether oxygens (including phenoxy) is 2. The molecule has 7 nitrogen and oxygen atoms in total. The first-order valence-electron chi connectivity index (χ1n) is 9.29. The van der Waals surface area contributed by atoms with Gasteiger partial charge < -0.3 is 28.2 Å². The van der Waals surface area contributed by atoms with Crippen molar-refractivity contribution in [1.29, 1.82) is 0 Å². The topological polar surface area (TPSA) is 102 Å². The highest BCUT2D eigenvalue weighted by atomic mass is 16.5. The van der Waals surface area contributed by atoms with Crippen LogP contribution < -0.4 is 20.0 Å². The Kier molecular flexibility index (Phi) is 5.26. The van der Waals surface area contributed by atoms with E-state index in [1.807, 2.05) is 25.1 Å². The van der Waals surface area contributed by atoms with Crippen LogP contribution in [0, 0.1) is 0 Å². The van der Waals surface area contributed by atoms with Gasteiger partial charge >= 0.3 is 0 Å². The van der Waals surface area contributed by atoms with E-state index in [2.05, 4.69) is 0 Å². The maximum Gasteiger partial charge on any atom is 0.235 e. The molecule has 0 N–H and O–H groups in total. The van der Waals surface area contributed by atoms with Crippen molar-refractivity contribution in [3.63, 3.8) is 0 Å². The molecule has 4 aromatic rings. The molecule has 0 amide bonds. The number of carbonyl (C=O) groups excluding carboxylic acids is 1. The molecule has 0 radical (unpaired) electrons. The molecule has 0 unspecified atom stereocenters. The lowest BCUT2D eigenvalue weighted by Crippen LogP contribution is -2.21. The van der Waals surface area contributed by atoms with E-state index in [9.17, 15) is 14.7 Å². The number of carboxylic acids is 1. The van der Waals surface area contributed by atoms with Crippen LogP contribution in [0.25, 0.3) is 11.0 Å². The molecule has 152 valence electrons. The second-order valence-corrected chi connectivity index (χ2v) is 6.49. The molecule has 2 aromatic carbocycles. The molecular formula is C23H17O7-. The standard InChI is InChI=1S/C23H18O7/c1-2-14-5-3-4-6-18(14)30-21-13-28-20-11-15(7-9-17(20)22(21)24)27-12-16-8-10-19(29-16)23(25)26/h3-11,13H,2,12H2,1H3,(H,25,26)/p-1. The highest BCUT2D eigenvalue weighted by molar-refractivity contribution is 5.82. The number of hydrogen-bond acceptors (Lipinski definition) is 7. The summed E-state index contributed by atoms with van der Waals surface area (Å²) >= 11 is 0. The average Bonchev–Trinajstić information content (AvgIpc) is 3.24. The van der Waals surface area contributed by atoms with Crippen molar-refractivity contribution >= 4 is 16.9 Å². The first-order chi connectivity index (χ1) is 14.5. The molecule has 0 fully saturated rings. The first kappa shape index (κ1) is 19.3. The third-order valence-corrected chi connectivity index (χ3v) is 4.53. The Morgan fingerprint density at radius 2 is 1.90 bits per heavy atom. The van der Waals surface area contributed by atoms with Gasteiger partial charge in [-0.1, -0.05) is 25.1 Å². The molecule has 2 aromatic heterocycles. The van der Waals surface area contributed by atoms with Crippen molar-refractivity contribution in [3.8, 4) is 17.2 Å². The maximum atomic E-state index is 12.8. The zero-order chi connectivity index (χ0) is 21.1. The lowest BCUT2D eigenvalue weighted by molar-refractivity contribution is -0.257. The van der Waals surface area contributed by atoms with Gasteiger partial charge in [-0.25, -0.2) is 0 Å². The maximum absolute atomic E-state index is 12.8. The average molecular weight is 405 g/mol. The number of aryl methyl sites for hydroxylation is 1. The van der Waals surface area contributed by atoms with Crippen LogP contribution in [-0.2, 0) is 13.0 Å². The zero-order valence-corrected chi connectivity index (χ0v) is 16.0. The summed E-state index contributed by atoms with van der Waals surface area (Å²) in [5.74, 6) is -0.192. The number of aromatic carboxylic acids is 1. The molecule has 0 bridgehead atoms. The van der Waals surface area contributed by atoms with Gasteiger partial charge in [0.15, 0.2) is 0 Å². The molecule has 2 heterocycles. The summed E-state index contributed by atoms with van der Waals surface area (Å²) in [4.78, 5) is 23.5. The predicted octanol–water partition coefficient (Wildman–Crippen LogP) is 3.68. The Morgan fingerprint density at radius 1 is 1.07 bits per heavy atom. The van der Waals surface area contributed by atoms with Gasteiger partial charge in [0.05, 0.1) is 5.39 Å². The Balaban J connectivity index is 1.54. The number of rotatable bonds is 7. The van der Waals surface area contributed by atoms with Crippen molar-refractivity contribution < 1.29 is 28.2 Å². The summed E-state index contributed by atoms with van der Waals surface area (Å²) in [6, 6.07) is 15.1. The van der Waals surface area contributed by atoms with Gasteiger partial charge in [-0.05, 0) is 42.3 Å². The zero-order valence-electron chi connectivity index (χ0n) is 16.0. The van der Waals surface area contributed by atoms with E-state index in [-0.39, 0.29) is 23.5 Å². The molecule has 0 aliphatic heterocycles. The molecule has 0 aliphatic carbocycles. The van der Waals surface area contributed by atoms with Crippen molar-refractivity contribution in [2.45, 2.75) is 20.0 Å². The van der Waals surface area contributed by atoms with Crippen LogP contribution in [0.4, 0.5) is 0 Å². The van der Waals surface area contributed by atoms with E-state index >= 15 is 0 Å². The van der Waals surface area contributed by atoms with E-state index in [0.717, 1.165) is 12.0 Å². The number of carbonyl (C=O) groups is 1. The van der Waals surface area contributed by atoms with Gasteiger partial charge in [0, 0.05) is 6.07 Å². The molecule has 0 atom stereocenters. The van der Waals surface area contributed by atoms with Crippen LogP contribution in [0.1, 0.15) is 28.8 Å². The van der Waals surface area contributed by atoms with Crippen LogP contribution >= 0.6 is 0 Å². The smallest absolute Gasteiger partial charge is 0.235 e. The molecular weight excluding hydrogens is 388 g/mol. The highest BCUT2D eigenvalue weighted by Crippen LogP contribution is 2.27. The largest absolute Gasteiger partial charge is 0.542 e. The number of fused-ring (bicyclic) bond motifs is 1. The lowest BCUT2D eigenvalue weighted by Gasteiger charge is -2.10. The fourth-order valence-electron chi connectivity index (χ4n) is 2.98. The molecule has 0 aliphatic rings. The predicted molar refractivity (Wildman–Crippen MR) is 106 cm³/mol. The van der Waals surface area contributed by atoms with Crippen LogP contribution in [0.2, 0.25) is 0 Å². The third kappa shape index (κ3) is 3.91. The summed E-state index contributed by atoms with van der Waals surface area (Å²) in [6.07, 6.45) is 2.05. The van der Waals surface area contributed by atoms with Crippen molar-refractivity contribution in [3.05, 3.63) is 88.2 Å². The summed E-state index contributed by atoms with van der Waals surface area (Å²) in [5, 5.41) is 11.1.